The fraction of sp³-hybridized carbons (Fsp3) is 0.375. The fourth-order valence-corrected chi connectivity index (χ4v) is 2.19. The molecule has 2 aromatic rings. The summed E-state index contributed by atoms with van der Waals surface area (Å²) in [4.78, 5) is 10.8. The summed E-state index contributed by atoms with van der Waals surface area (Å²) in [6.07, 6.45) is 6.04. The number of benzene rings is 1. The van der Waals surface area contributed by atoms with Crippen molar-refractivity contribution in [3.63, 3.8) is 0 Å². The number of aromatic nitrogens is 2. The van der Waals surface area contributed by atoms with E-state index < -0.39 is 0 Å². The Balaban J connectivity index is 1.65. The molecule has 3 rings (SSSR count). The first-order valence-electron chi connectivity index (χ1n) is 7.20. The molecular formula is C16H19FN4. The second kappa shape index (κ2) is 6.18. The molecule has 1 heterocycles. The number of halogens is 1. The van der Waals surface area contributed by atoms with Gasteiger partial charge >= 0.3 is 0 Å². The molecule has 110 valence electrons. The average Bonchev–Trinajstić information content (AvgIpc) is 3.30. The third-order valence-electron chi connectivity index (χ3n) is 3.52. The number of nitrogens with zero attached hydrogens (tertiary/aromatic N) is 3. The lowest BCUT2D eigenvalue weighted by Gasteiger charge is -2.18. The molecule has 1 aromatic carbocycles. The highest BCUT2D eigenvalue weighted by molar-refractivity contribution is 5.36. The van der Waals surface area contributed by atoms with Gasteiger partial charge < -0.3 is 10.2 Å². The van der Waals surface area contributed by atoms with Crippen LogP contribution in [0.5, 0.6) is 0 Å². The van der Waals surface area contributed by atoms with Crippen molar-refractivity contribution >= 4 is 5.82 Å². The second-order valence-electron chi connectivity index (χ2n) is 5.51. The van der Waals surface area contributed by atoms with E-state index in [1.807, 2.05) is 18.0 Å². The Hall–Kier alpha value is -2.01. The topological polar surface area (TPSA) is 41.1 Å². The first-order chi connectivity index (χ1) is 10.2. The van der Waals surface area contributed by atoms with Crippen LogP contribution >= 0.6 is 0 Å². The van der Waals surface area contributed by atoms with Crippen LogP contribution in [0.3, 0.4) is 0 Å². The summed E-state index contributed by atoms with van der Waals surface area (Å²) in [5, 5.41) is 3.43. The number of anilines is 1. The molecule has 0 unspecified atom stereocenters. The Bertz CT molecular complexity index is 613. The van der Waals surface area contributed by atoms with Crippen molar-refractivity contribution in [2.45, 2.75) is 32.0 Å². The highest BCUT2D eigenvalue weighted by Crippen LogP contribution is 2.19. The van der Waals surface area contributed by atoms with Crippen LogP contribution in [-0.2, 0) is 13.1 Å². The largest absolute Gasteiger partial charge is 0.354 e. The number of hydrogen-bond acceptors (Lipinski definition) is 4. The average molecular weight is 286 g/mol. The van der Waals surface area contributed by atoms with Crippen LogP contribution < -0.4 is 10.2 Å². The minimum Gasteiger partial charge on any atom is -0.354 e. The molecule has 1 aromatic heterocycles. The molecule has 0 amide bonds. The van der Waals surface area contributed by atoms with Crippen LogP contribution in [0, 0.1) is 5.82 Å². The third-order valence-corrected chi connectivity index (χ3v) is 3.52. The van der Waals surface area contributed by atoms with Gasteiger partial charge in [0.1, 0.15) is 11.6 Å². The zero-order chi connectivity index (χ0) is 14.7. The van der Waals surface area contributed by atoms with E-state index in [1.165, 1.54) is 18.9 Å². The van der Waals surface area contributed by atoms with Gasteiger partial charge in [0, 0.05) is 32.4 Å². The molecular weight excluding hydrogens is 267 g/mol. The molecule has 0 atom stereocenters. The van der Waals surface area contributed by atoms with Crippen molar-refractivity contribution < 1.29 is 4.39 Å². The summed E-state index contributed by atoms with van der Waals surface area (Å²) in [5.41, 5.74) is 1.85. The van der Waals surface area contributed by atoms with Gasteiger partial charge in [-0.15, -0.1) is 0 Å². The molecule has 5 heteroatoms. The monoisotopic (exact) mass is 286 g/mol. The van der Waals surface area contributed by atoms with E-state index in [2.05, 4.69) is 15.3 Å². The van der Waals surface area contributed by atoms with Crippen molar-refractivity contribution in [1.82, 2.24) is 15.3 Å². The fourth-order valence-electron chi connectivity index (χ4n) is 2.19. The Kier molecular flexibility index (Phi) is 4.10. The molecule has 1 aliphatic carbocycles. The molecule has 0 aliphatic heterocycles. The van der Waals surface area contributed by atoms with Gasteiger partial charge in [0.25, 0.3) is 0 Å². The quantitative estimate of drug-likeness (QED) is 0.886. The predicted octanol–water partition coefficient (Wildman–Crippen LogP) is 2.50. The zero-order valence-electron chi connectivity index (χ0n) is 12.1. The molecule has 1 saturated carbocycles. The van der Waals surface area contributed by atoms with E-state index in [9.17, 15) is 4.39 Å². The molecule has 1 fully saturated rings. The van der Waals surface area contributed by atoms with Gasteiger partial charge in [-0.25, -0.2) is 9.37 Å². The van der Waals surface area contributed by atoms with Gasteiger partial charge in [-0.1, -0.05) is 12.1 Å². The highest BCUT2D eigenvalue weighted by Gasteiger charge is 2.20. The molecule has 21 heavy (non-hydrogen) atoms. The van der Waals surface area contributed by atoms with Gasteiger partial charge in [0.2, 0.25) is 0 Å². The normalized spacial score (nSPS) is 14.2. The van der Waals surface area contributed by atoms with Crippen molar-refractivity contribution in [1.29, 1.82) is 0 Å². The summed E-state index contributed by atoms with van der Waals surface area (Å²) in [6, 6.07) is 7.28. The lowest BCUT2D eigenvalue weighted by atomic mass is 10.2. The molecule has 4 nitrogen and oxygen atoms in total. The van der Waals surface area contributed by atoms with Gasteiger partial charge in [0.05, 0.1) is 11.9 Å². The van der Waals surface area contributed by atoms with Crippen molar-refractivity contribution in [3.8, 4) is 0 Å². The maximum Gasteiger partial charge on any atom is 0.147 e. The van der Waals surface area contributed by atoms with Gasteiger partial charge in [-0.2, -0.15) is 0 Å². The van der Waals surface area contributed by atoms with Crippen molar-refractivity contribution in [2.75, 3.05) is 11.9 Å². The first-order valence-corrected chi connectivity index (χ1v) is 7.20. The van der Waals surface area contributed by atoms with Crippen LogP contribution in [-0.4, -0.2) is 23.1 Å². The lowest BCUT2D eigenvalue weighted by Crippen LogP contribution is -2.20. The lowest BCUT2D eigenvalue weighted by molar-refractivity contribution is 0.625. The SMILES string of the molecule is CN(Cc1cccc(F)c1)c1cncc(CNC2CC2)n1. The number of rotatable bonds is 6. The van der Waals surface area contributed by atoms with E-state index in [0.29, 0.717) is 12.6 Å². The van der Waals surface area contributed by atoms with Crippen molar-refractivity contribution in [3.05, 3.63) is 53.7 Å². The van der Waals surface area contributed by atoms with E-state index in [1.54, 1.807) is 24.5 Å². The maximum atomic E-state index is 13.2. The smallest absolute Gasteiger partial charge is 0.147 e. The van der Waals surface area contributed by atoms with Gasteiger partial charge in [-0.05, 0) is 30.5 Å². The Morgan fingerprint density at radius 1 is 1.33 bits per heavy atom. The Labute approximate surface area is 124 Å². The van der Waals surface area contributed by atoms with Gasteiger partial charge in [-0.3, -0.25) is 4.98 Å². The van der Waals surface area contributed by atoms with E-state index in [4.69, 9.17) is 0 Å². The summed E-state index contributed by atoms with van der Waals surface area (Å²) < 4.78 is 13.2. The van der Waals surface area contributed by atoms with Crippen LogP contribution in [0.4, 0.5) is 10.2 Å². The summed E-state index contributed by atoms with van der Waals surface area (Å²) in [7, 11) is 1.94. The summed E-state index contributed by atoms with van der Waals surface area (Å²) in [5.74, 6) is 0.587. The predicted molar refractivity (Wildman–Crippen MR) is 80.4 cm³/mol. The van der Waals surface area contributed by atoms with E-state index >= 15 is 0 Å². The molecule has 1 N–H and O–H groups in total. The van der Waals surface area contributed by atoms with Gasteiger partial charge in [0.15, 0.2) is 0 Å². The molecule has 0 bridgehead atoms. The molecule has 0 saturated heterocycles. The standard InChI is InChI=1S/C16H19FN4/c1-21(11-12-3-2-4-13(17)7-12)16-10-18-8-15(20-16)9-19-14-5-6-14/h2-4,7-8,10,14,19H,5-6,9,11H2,1H3. The van der Waals surface area contributed by atoms with Crippen LogP contribution in [0.25, 0.3) is 0 Å². The molecule has 0 radical (unpaired) electrons. The van der Waals surface area contributed by atoms with Crippen molar-refractivity contribution in [2.24, 2.45) is 0 Å². The second-order valence-corrected chi connectivity index (χ2v) is 5.51. The zero-order valence-corrected chi connectivity index (χ0v) is 12.1. The van der Waals surface area contributed by atoms with Crippen LogP contribution in [0.1, 0.15) is 24.1 Å². The number of nitrogens with one attached hydrogen (secondary N) is 1. The summed E-state index contributed by atoms with van der Waals surface area (Å²) >= 11 is 0. The summed E-state index contributed by atoms with van der Waals surface area (Å²) in [6.45, 7) is 1.35. The third kappa shape index (κ3) is 3.98. The van der Waals surface area contributed by atoms with E-state index in [-0.39, 0.29) is 5.82 Å². The van der Waals surface area contributed by atoms with E-state index in [0.717, 1.165) is 23.6 Å². The molecule has 0 spiro atoms. The first kappa shape index (κ1) is 13.9. The minimum absolute atomic E-state index is 0.214. The minimum atomic E-state index is -0.214. The highest BCUT2D eigenvalue weighted by atomic mass is 19.1. The Morgan fingerprint density at radius 2 is 2.19 bits per heavy atom. The van der Waals surface area contributed by atoms with Crippen LogP contribution in [0.15, 0.2) is 36.7 Å². The Morgan fingerprint density at radius 3 is 2.95 bits per heavy atom. The number of hydrogen-bond donors (Lipinski definition) is 1. The molecule has 1 aliphatic rings. The van der Waals surface area contributed by atoms with Crippen LogP contribution in [0.2, 0.25) is 0 Å². The maximum absolute atomic E-state index is 13.2.